The van der Waals surface area contributed by atoms with E-state index >= 15 is 0 Å². The van der Waals surface area contributed by atoms with Crippen molar-refractivity contribution in [3.05, 3.63) is 92.4 Å². The predicted molar refractivity (Wildman–Crippen MR) is 164 cm³/mol. The van der Waals surface area contributed by atoms with Gasteiger partial charge in [0, 0.05) is 16.5 Å². The van der Waals surface area contributed by atoms with E-state index in [4.69, 9.17) is 9.47 Å². The standard InChI is InChI=1S/C31H27N3O7S2/c1-16-4-9-19(10-5-16)34-28(37)25-24(17-6-13-21(35)22(14-17)41-3)27-30(42-26(25)29(34)38)33(31(39)43-27)15-23(36)32-18-7-11-20(40-2)12-8-18/h4-14,24-26,35H,15H2,1-3H3,(H,32,36)/t24-,25?,26?/m0/s1. The van der Waals surface area contributed by atoms with E-state index in [1.807, 2.05) is 19.1 Å². The van der Waals surface area contributed by atoms with Gasteiger partial charge in [-0.25, -0.2) is 4.90 Å². The van der Waals surface area contributed by atoms with Crippen molar-refractivity contribution >= 4 is 52.2 Å². The van der Waals surface area contributed by atoms with Gasteiger partial charge in [-0.3, -0.25) is 23.7 Å². The van der Waals surface area contributed by atoms with Gasteiger partial charge >= 0.3 is 4.87 Å². The Hall–Kier alpha value is -4.55. The average Bonchev–Trinajstić information content (AvgIpc) is 3.44. The third kappa shape index (κ3) is 5.06. The Labute approximate surface area is 254 Å². The molecule has 2 N–H and O–H groups in total. The van der Waals surface area contributed by atoms with Crippen molar-refractivity contribution < 1.29 is 29.0 Å². The maximum absolute atomic E-state index is 14.0. The number of ether oxygens (including phenoxy) is 2. The number of carbonyl (C=O) groups is 3. The number of aromatic nitrogens is 1. The van der Waals surface area contributed by atoms with Gasteiger partial charge in [0.1, 0.15) is 17.5 Å². The molecule has 10 nitrogen and oxygen atoms in total. The highest BCUT2D eigenvalue weighted by atomic mass is 32.2. The number of hydrogen-bond donors (Lipinski definition) is 2. The molecule has 1 fully saturated rings. The highest BCUT2D eigenvalue weighted by molar-refractivity contribution is 8.00. The van der Waals surface area contributed by atoms with Gasteiger partial charge in [-0.1, -0.05) is 46.9 Å². The minimum absolute atomic E-state index is 0.0794. The number of carbonyl (C=O) groups excluding carboxylic acids is 3. The molecule has 220 valence electrons. The van der Waals surface area contributed by atoms with E-state index in [-0.39, 0.29) is 28.8 Å². The van der Waals surface area contributed by atoms with Crippen LogP contribution in [0.15, 0.2) is 76.6 Å². The van der Waals surface area contributed by atoms with Crippen LogP contribution in [-0.4, -0.2) is 46.9 Å². The van der Waals surface area contributed by atoms with Crippen molar-refractivity contribution in [2.45, 2.75) is 29.7 Å². The van der Waals surface area contributed by atoms with E-state index in [0.29, 0.717) is 32.6 Å². The van der Waals surface area contributed by atoms with Crippen LogP contribution in [0.2, 0.25) is 0 Å². The molecule has 3 aromatic carbocycles. The summed E-state index contributed by atoms with van der Waals surface area (Å²) >= 11 is 2.08. The molecule has 6 rings (SSSR count). The molecule has 4 aromatic rings. The highest BCUT2D eigenvalue weighted by Gasteiger charge is 2.57. The van der Waals surface area contributed by atoms with Gasteiger partial charge in [-0.05, 0) is 61.0 Å². The Morgan fingerprint density at radius 1 is 0.953 bits per heavy atom. The van der Waals surface area contributed by atoms with Crippen LogP contribution >= 0.6 is 23.1 Å². The zero-order valence-corrected chi connectivity index (χ0v) is 25.0. The number of phenolic OH excluding ortho intramolecular Hbond substituents is 1. The molecule has 0 spiro atoms. The van der Waals surface area contributed by atoms with Gasteiger partial charge in [0.25, 0.3) is 0 Å². The van der Waals surface area contributed by atoms with Crippen LogP contribution in [0.5, 0.6) is 17.2 Å². The fraction of sp³-hybridized carbons (Fsp3) is 0.226. The second kappa shape index (κ2) is 11.3. The number of thioether (sulfide) groups is 1. The van der Waals surface area contributed by atoms with Crippen molar-refractivity contribution in [3.8, 4) is 17.2 Å². The summed E-state index contributed by atoms with van der Waals surface area (Å²) in [6, 6.07) is 18.7. The van der Waals surface area contributed by atoms with Crippen LogP contribution in [0.25, 0.3) is 0 Å². The lowest BCUT2D eigenvalue weighted by Crippen LogP contribution is -2.33. The number of rotatable bonds is 7. The van der Waals surface area contributed by atoms with Crippen molar-refractivity contribution in [1.29, 1.82) is 0 Å². The first-order chi connectivity index (χ1) is 20.7. The van der Waals surface area contributed by atoms with Crippen LogP contribution in [-0.2, 0) is 20.9 Å². The summed E-state index contributed by atoms with van der Waals surface area (Å²) in [4.78, 5) is 55.7. The number of phenols is 1. The summed E-state index contributed by atoms with van der Waals surface area (Å²) in [5.41, 5.74) is 2.60. The maximum atomic E-state index is 14.0. The van der Waals surface area contributed by atoms with E-state index in [0.717, 1.165) is 28.7 Å². The number of fused-ring (bicyclic) bond motifs is 2. The Morgan fingerprint density at radius 2 is 1.67 bits per heavy atom. The smallest absolute Gasteiger partial charge is 0.308 e. The summed E-state index contributed by atoms with van der Waals surface area (Å²) in [7, 11) is 2.97. The molecule has 3 atom stereocenters. The van der Waals surface area contributed by atoms with E-state index < -0.39 is 28.9 Å². The highest BCUT2D eigenvalue weighted by Crippen LogP contribution is 2.54. The van der Waals surface area contributed by atoms with Crippen LogP contribution < -0.4 is 24.6 Å². The second-order valence-corrected chi connectivity index (χ2v) is 12.3. The van der Waals surface area contributed by atoms with Crippen LogP contribution in [0.1, 0.15) is 21.9 Å². The first-order valence-electron chi connectivity index (χ1n) is 13.4. The van der Waals surface area contributed by atoms with Gasteiger partial charge in [-0.15, -0.1) is 0 Å². The first-order valence-corrected chi connectivity index (χ1v) is 15.0. The molecular formula is C31H27N3O7S2. The summed E-state index contributed by atoms with van der Waals surface area (Å²) in [6.45, 7) is 1.64. The van der Waals surface area contributed by atoms with Crippen molar-refractivity contribution in [3.63, 3.8) is 0 Å². The normalized spacial score (nSPS) is 19.1. The Bertz CT molecular complexity index is 1800. The Balaban J connectivity index is 1.41. The first kappa shape index (κ1) is 28.6. The quantitative estimate of drug-likeness (QED) is 0.293. The van der Waals surface area contributed by atoms with E-state index in [1.54, 1.807) is 55.6 Å². The van der Waals surface area contributed by atoms with E-state index in [9.17, 15) is 24.3 Å². The number of thiazole rings is 1. The third-order valence-corrected chi connectivity index (χ3v) is 10.2. The molecule has 0 bridgehead atoms. The number of aromatic hydroxyl groups is 1. The molecule has 1 saturated heterocycles. The second-order valence-electron chi connectivity index (χ2n) is 10.2. The number of methoxy groups -OCH3 is 2. The molecule has 2 unspecified atom stereocenters. The molecule has 3 heterocycles. The number of nitrogens with zero attached hydrogens (tertiary/aromatic N) is 2. The number of amides is 3. The molecule has 12 heteroatoms. The summed E-state index contributed by atoms with van der Waals surface area (Å²) in [5.74, 6) is -1.94. The van der Waals surface area contributed by atoms with Gasteiger partial charge < -0.3 is 19.9 Å². The summed E-state index contributed by atoms with van der Waals surface area (Å²) in [6.07, 6.45) is 0. The largest absolute Gasteiger partial charge is 0.504 e. The fourth-order valence-corrected chi connectivity index (χ4v) is 8.24. The summed E-state index contributed by atoms with van der Waals surface area (Å²) in [5, 5.41) is 12.7. The van der Waals surface area contributed by atoms with Crippen LogP contribution in [0.4, 0.5) is 11.4 Å². The number of nitrogens with one attached hydrogen (secondary N) is 1. The molecule has 0 saturated carbocycles. The molecular weight excluding hydrogens is 590 g/mol. The van der Waals surface area contributed by atoms with E-state index in [2.05, 4.69) is 5.32 Å². The van der Waals surface area contributed by atoms with Gasteiger partial charge in [0.2, 0.25) is 17.7 Å². The molecule has 2 aliphatic rings. The topological polar surface area (TPSA) is 127 Å². The minimum Gasteiger partial charge on any atom is -0.504 e. The Morgan fingerprint density at radius 3 is 2.35 bits per heavy atom. The summed E-state index contributed by atoms with van der Waals surface area (Å²) < 4.78 is 11.9. The predicted octanol–water partition coefficient (Wildman–Crippen LogP) is 4.38. The number of aryl methyl sites for hydroxylation is 1. The average molecular weight is 618 g/mol. The zero-order valence-electron chi connectivity index (χ0n) is 23.4. The van der Waals surface area contributed by atoms with Crippen LogP contribution in [0, 0.1) is 12.8 Å². The molecule has 1 aromatic heterocycles. The van der Waals surface area contributed by atoms with E-state index in [1.165, 1.54) is 22.6 Å². The monoisotopic (exact) mass is 617 g/mol. The lowest BCUT2D eigenvalue weighted by molar-refractivity contribution is -0.122. The van der Waals surface area contributed by atoms with Crippen LogP contribution in [0.3, 0.4) is 0 Å². The minimum atomic E-state index is -0.837. The SMILES string of the molecule is COc1ccc(NC(=O)Cn2c3c(sc2=O)[C@@H](c2ccc(O)c(OC)c2)C2C(=O)N(c4ccc(C)cc4)C(=O)C2S3)cc1. The molecule has 2 aliphatic heterocycles. The van der Waals surface area contributed by atoms with Crippen molar-refractivity contribution in [2.75, 3.05) is 24.4 Å². The number of hydrogen-bond acceptors (Lipinski definition) is 9. The van der Waals surface area contributed by atoms with Gasteiger partial charge in [0.15, 0.2) is 11.5 Å². The fourth-order valence-electron chi connectivity index (χ4n) is 5.47. The van der Waals surface area contributed by atoms with Crippen molar-refractivity contribution in [1.82, 2.24) is 4.57 Å². The molecule has 43 heavy (non-hydrogen) atoms. The van der Waals surface area contributed by atoms with Gasteiger partial charge in [0.05, 0.1) is 30.9 Å². The molecule has 0 radical (unpaired) electrons. The lowest BCUT2D eigenvalue weighted by Gasteiger charge is -2.31. The lowest BCUT2D eigenvalue weighted by atomic mass is 9.83. The number of imide groups is 1. The van der Waals surface area contributed by atoms with Crippen molar-refractivity contribution in [2.24, 2.45) is 5.92 Å². The van der Waals surface area contributed by atoms with Gasteiger partial charge in [-0.2, -0.15) is 0 Å². The Kier molecular flexibility index (Phi) is 7.49. The zero-order chi connectivity index (χ0) is 30.4. The molecule has 3 amide bonds. The number of benzene rings is 3. The third-order valence-electron chi connectivity index (χ3n) is 7.58. The molecule has 0 aliphatic carbocycles. The number of anilines is 2. The maximum Gasteiger partial charge on any atom is 0.308 e.